The number of halogens is 1. The molecule has 1 saturated heterocycles. The first kappa shape index (κ1) is 13.8. The number of carbonyl (C=O) groups is 2. The summed E-state index contributed by atoms with van der Waals surface area (Å²) in [6, 6.07) is 3.34. The van der Waals surface area contributed by atoms with Crippen molar-refractivity contribution in [3.63, 3.8) is 0 Å². The molecule has 1 aromatic carbocycles. The van der Waals surface area contributed by atoms with Crippen molar-refractivity contribution in [3.05, 3.63) is 28.8 Å². The maximum atomic E-state index is 11.6. The predicted molar refractivity (Wildman–Crippen MR) is 72.1 cm³/mol. The van der Waals surface area contributed by atoms with Gasteiger partial charge in [-0.05, 0) is 23.8 Å². The molecule has 0 radical (unpaired) electrons. The molecule has 7 heteroatoms. The van der Waals surface area contributed by atoms with Gasteiger partial charge in [-0.15, -0.1) is 0 Å². The molecule has 0 aliphatic carbocycles. The molecule has 0 saturated carbocycles. The minimum atomic E-state index is -0.817. The van der Waals surface area contributed by atoms with E-state index in [9.17, 15) is 9.59 Å². The van der Waals surface area contributed by atoms with E-state index in [4.69, 9.17) is 30.5 Å². The van der Waals surface area contributed by atoms with Crippen LogP contribution in [-0.2, 0) is 19.1 Å². The Morgan fingerprint density at radius 2 is 2.19 bits per heavy atom. The predicted octanol–water partition coefficient (Wildman–Crippen LogP) is 1.94. The average molecular weight is 311 g/mol. The van der Waals surface area contributed by atoms with Gasteiger partial charge in [-0.1, -0.05) is 11.6 Å². The summed E-state index contributed by atoms with van der Waals surface area (Å²) in [6.45, 7) is 0.395. The zero-order valence-electron chi connectivity index (χ0n) is 10.8. The summed E-state index contributed by atoms with van der Waals surface area (Å²) < 4.78 is 20.1. The average Bonchev–Trinajstić information content (AvgIpc) is 3.06. The quantitative estimate of drug-likeness (QED) is 0.627. The summed E-state index contributed by atoms with van der Waals surface area (Å²) in [4.78, 5) is 22.8. The molecule has 110 valence electrons. The highest BCUT2D eigenvalue weighted by atomic mass is 35.5. The standard InChI is InChI=1S/C14H11ClO6/c15-9-5-8(6-11-13(9)20-7-19-11)1-2-12(16)21-10-3-4-18-14(10)17/h1-2,5-6,10H,3-4,7H2/b2-1+/t10-/m0/s1. The third-order valence-corrected chi connectivity index (χ3v) is 3.29. The molecule has 0 bridgehead atoms. The Morgan fingerprint density at radius 1 is 1.33 bits per heavy atom. The lowest BCUT2D eigenvalue weighted by Gasteiger charge is -2.05. The highest BCUT2D eigenvalue weighted by Crippen LogP contribution is 2.40. The monoisotopic (exact) mass is 310 g/mol. The second kappa shape index (κ2) is 5.65. The van der Waals surface area contributed by atoms with Crippen molar-refractivity contribution >= 4 is 29.6 Å². The van der Waals surface area contributed by atoms with Crippen LogP contribution in [0.15, 0.2) is 18.2 Å². The summed E-state index contributed by atoms with van der Waals surface area (Å²) in [7, 11) is 0. The van der Waals surface area contributed by atoms with Gasteiger partial charge in [0, 0.05) is 12.5 Å². The molecule has 6 nitrogen and oxygen atoms in total. The molecule has 0 N–H and O–H groups in total. The molecule has 1 aromatic rings. The first-order chi connectivity index (χ1) is 10.1. The smallest absolute Gasteiger partial charge is 0.347 e. The Morgan fingerprint density at radius 3 is 2.95 bits per heavy atom. The van der Waals surface area contributed by atoms with E-state index in [0.717, 1.165) is 0 Å². The molecule has 0 aromatic heterocycles. The third-order valence-electron chi connectivity index (χ3n) is 3.01. The van der Waals surface area contributed by atoms with Gasteiger partial charge in [-0.25, -0.2) is 9.59 Å². The summed E-state index contributed by atoms with van der Waals surface area (Å²) in [5.74, 6) is -0.115. The molecule has 1 atom stereocenters. The summed E-state index contributed by atoms with van der Waals surface area (Å²) in [5, 5.41) is 0.400. The zero-order valence-corrected chi connectivity index (χ0v) is 11.6. The molecule has 3 rings (SSSR count). The van der Waals surface area contributed by atoms with E-state index in [2.05, 4.69) is 0 Å². The van der Waals surface area contributed by atoms with Crippen molar-refractivity contribution in [2.24, 2.45) is 0 Å². The second-order valence-corrected chi connectivity index (χ2v) is 4.86. The Labute approximate surface area is 125 Å². The molecule has 0 amide bonds. The SMILES string of the molecule is O=C(/C=C/c1cc(Cl)c2c(c1)OCO2)O[C@H]1CCOC1=O. The van der Waals surface area contributed by atoms with Gasteiger partial charge in [-0.2, -0.15) is 0 Å². The number of cyclic esters (lactones) is 1. The van der Waals surface area contributed by atoms with Gasteiger partial charge in [0.15, 0.2) is 11.5 Å². The molecular weight excluding hydrogens is 300 g/mol. The van der Waals surface area contributed by atoms with Crippen molar-refractivity contribution in [2.45, 2.75) is 12.5 Å². The van der Waals surface area contributed by atoms with Crippen LogP contribution in [0.25, 0.3) is 6.08 Å². The lowest BCUT2D eigenvalue weighted by molar-refractivity contribution is -0.156. The van der Waals surface area contributed by atoms with Crippen LogP contribution in [0.3, 0.4) is 0 Å². The van der Waals surface area contributed by atoms with Gasteiger partial charge in [0.1, 0.15) is 0 Å². The van der Waals surface area contributed by atoms with E-state index in [1.807, 2.05) is 0 Å². The van der Waals surface area contributed by atoms with Gasteiger partial charge in [0.25, 0.3) is 0 Å². The van der Waals surface area contributed by atoms with Gasteiger partial charge in [0.05, 0.1) is 11.6 Å². The van der Waals surface area contributed by atoms with E-state index in [1.165, 1.54) is 12.2 Å². The highest BCUT2D eigenvalue weighted by Gasteiger charge is 2.29. The van der Waals surface area contributed by atoms with Crippen LogP contribution in [0.4, 0.5) is 0 Å². The number of benzene rings is 1. The molecule has 0 unspecified atom stereocenters. The van der Waals surface area contributed by atoms with Crippen LogP contribution < -0.4 is 9.47 Å². The number of fused-ring (bicyclic) bond motifs is 1. The summed E-state index contributed by atoms with van der Waals surface area (Å²) in [6.07, 6.45) is 2.31. The number of hydrogen-bond donors (Lipinski definition) is 0. The minimum Gasteiger partial charge on any atom is -0.463 e. The van der Waals surface area contributed by atoms with E-state index in [0.29, 0.717) is 28.5 Å². The lowest BCUT2D eigenvalue weighted by Crippen LogP contribution is -2.21. The fourth-order valence-electron chi connectivity index (χ4n) is 2.01. The zero-order chi connectivity index (χ0) is 14.8. The van der Waals surface area contributed by atoms with Crippen LogP contribution in [0.5, 0.6) is 11.5 Å². The Kier molecular flexibility index (Phi) is 3.70. The van der Waals surface area contributed by atoms with Crippen LogP contribution in [0, 0.1) is 0 Å². The van der Waals surface area contributed by atoms with Crippen molar-refractivity contribution in [1.82, 2.24) is 0 Å². The van der Waals surface area contributed by atoms with Crippen molar-refractivity contribution < 1.29 is 28.5 Å². The maximum absolute atomic E-state index is 11.6. The van der Waals surface area contributed by atoms with Crippen molar-refractivity contribution in [2.75, 3.05) is 13.4 Å². The van der Waals surface area contributed by atoms with Crippen LogP contribution >= 0.6 is 11.6 Å². The van der Waals surface area contributed by atoms with Crippen LogP contribution in [0.2, 0.25) is 5.02 Å². The molecule has 0 spiro atoms. The number of hydrogen-bond acceptors (Lipinski definition) is 6. The summed E-state index contributed by atoms with van der Waals surface area (Å²) in [5.41, 5.74) is 0.662. The molecule has 2 aliphatic heterocycles. The molecule has 2 heterocycles. The first-order valence-electron chi connectivity index (χ1n) is 6.28. The topological polar surface area (TPSA) is 71.1 Å². The Bertz CT molecular complexity index is 624. The number of ether oxygens (including phenoxy) is 4. The molecule has 2 aliphatic rings. The van der Waals surface area contributed by atoms with Crippen molar-refractivity contribution in [1.29, 1.82) is 0 Å². The molecule has 21 heavy (non-hydrogen) atoms. The molecule has 1 fully saturated rings. The lowest BCUT2D eigenvalue weighted by atomic mass is 10.2. The first-order valence-corrected chi connectivity index (χ1v) is 6.66. The normalized spacial score (nSPS) is 19.9. The Hall–Kier alpha value is -2.21. The van der Waals surface area contributed by atoms with Gasteiger partial charge < -0.3 is 18.9 Å². The number of esters is 2. The second-order valence-electron chi connectivity index (χ2n) is 4.45. The van der Waals surface area contributed by atoms with E-state index in [-0.39, 0.29) is 13.4 Å². The fourth-order valence-corrected chi connectivity index (χ4v) is 2.29. The van der Waals surface area contributed by atoms with Crippen LogP contribution in [0.1, 0.15) is 12.0 Å². The molecular formula is C14H11ClO6. The fraction of sp³-hybridized carbons (Fsp3) is 0.286. The van der Waals surface area contributed by atoms with Gasteiger partial charge in [-0.3, -0.25) is 0 Å². The number of carbonyl (C=O) groups excluding carboxylic acids is 2. The number of rotatable bonds is 3. The van der Waals surface area contributed by atoms with E-state index >= 15 is 0 Å². The highest BCUT2D eigenvalue weighted by molar-refractivity contribution is 6.32. The largest absolute Gasteiger partial charge is 0.463 e. The maximum Gasteiger partial charge on any atom is 0.347 e. The van der Waals surface area contributed by atoms with E-state index in [1.54, 1.807) is 12.1 Å². The van der Waals surface area contributed by atoms with Crippen LogP contribution in [-0.4, -0.2) is 31.4 Å². The summed E-state index contributed by atoms with van der Waals surface area (Å²) >= 11 is 6.03. The van der Waals surface area contributed by atoms with Gasteiger partial charge in [0.2, 0.25) is 12.9 Å². The Balaban J connectivity index is 1.67. The minimum absolute atomic E-state index is 0.119. The third kappa shape index (κ3) is 2.95. The van der Waals surface area contributed by atoms with Gasteiger partial charge >= 0.3 is 11.9 Å². The van der Waals surface area contributed by atoms with E-state index < -0.39 is 18.0 Å². The van der Waals surface area contributed by atoms with Crippen molar-refractivity contribution in [3.8, 4) is 11.5 Å².